The molecular weight excluding hydrogens is 566 g/mol. The van der Waals surface area contributed by atoms with Crippen LogP contribution in [0, 0.1) is 12.8 Å². The Kier molecular flexibility index (Phi) is 10.1. The van der Waals surface area contributed by atoms with Crippen molar-refractivity contribution in [3.8, 4) is 0 Å². The number of anilines is 1. The van der Waals surface area contributed by atoms with Crippen molar-refractivity contribution in [1.82, 2.24) is 10.2 Å². The van der Waals surface area contributed by atoms with Crippen LogP contribution in [0.5, 0.6) is 0 Å². The Morgan fingerprint density at radius 1 is 0.921 bits per heavy atom. The predicted molar refractivity (Wildman–Crippen MR) is 154 cm³/mol. The molecule has 9 heteroatoms. The summed E-state index contributed by atoms with van der Waals surface area (Å²) in [5.41, 5.74) is 2.05. The summed E-state index contributed by atoms with van der Waals surface area (Å²) in [6.45, 7) is 7.66. The minimum atomic E-state index is -4.07. The fourth-order valence-corrected chi connectivity index (χ4v) is 5.54. The number of carbonyl (C=O) groups is 2. The van der Waals surface area contributed by atoms with Gasteiger partial charge in [0.15, 0.2) is 0 Å². The first kappa shape index (κ1) is 29.4. The number of nitrogens with one attached hydrogen (secondary N) is 1. The van der Waals surface area contributed by atoms with Gasteiger partial charge >= 0.3 is 0 Å². The van der Waals surface area contributed by atoms with Crippen LogP contribution in [0.2, 0.25) is 0 Å². The molecule has 0 fully saturated rings. The van der Waals surface area contributed by atoms with Crippen molar-refractivity contribution < 1.29 is 18.0 Å². The molecule has 202 valence electrons. The maximum Gasteiger partial charge on any atom is 0.264 e. The molecule has 1 atom stereocenters. The van der Waals surface area contributed by atoms with Gasteiger partial charge in [-0.25, -0.2) is 8.42 Å². The molecule has 3 aromatic carbocycles. The molecule has 3 aromatic rings. The molecule has 2 amide bonds. The number of halogens is 1. The number of hydrogen-bond acceptors (Lipinski definition) is 4. The normalized spacial score (nSPS) is 12.2. The third kappa shape index (κ3) is 7.68. The van der Waals surface area contributed by atoms with Crippen molar-refractivity contribution in [2.75, 3.05) is 17.4 Å². The first-order valence-corrected chi connectivity index (χ1v) is 14.7. The van der Waals surface area contributed by atoms with Gasteiger partial charge in [0.2, 0.25) is 11.8 Å². The van der Waals surface area contributed by atoms with Crippen molar-refractivity contribution in [3.05, 3.63) is 94.5 Å². The smallest absolute Gasteiger partial charge is 0.264 e. The van der Waals surface area contributed by atoms with Crippen LogP contribution in [0.15, 0.2) is 88.2 Å². The molecule has 0 aromatic heterocycles. The molecule has 0 saturated heterocycles. The van der Waals surface area contributed by atoms with E-state index in [0.717, 1.165) is 19.9 Å². The molecule has 0 aliphatic heterocycles. The van der Waals surface area contributed by atoms with Gasteiger partial charge in [-0.1, -0.05) is 72.2 Å². The molecule has 0 heterocycles. The Labute approximate surface area is 234 Å². The molecule has 0 saturated carbocycles. The standard InChI is InChI=1S/C29H34BrN3O4S/c1-21(2)18-31-29(35)23(4)32(19-24-13-15-25(30)16-14-24)28(34)20-33(26-10-8-9-22(3)17-26)38(36,37)27-11-6-5-7-12-27/h5-17,21,23H,18-20H2,1-4H3,(H,31,35)/t23-/m1/s1. The predicted octanol–water partition coefficient (Wildman–Crippen LogP) is 5.14. The second-order valence-electron chi connectivity index (χ2n) is 9.63. The topological polar surface area (TPSA) is 86.8 Å². The number of hydrogen-bond donors (Lipinski definition) is 1. The van der Waals surface area contributed by atoms with E-state index in [2.05, 4.69) is 21.2 Å². The summed E-state index contributed by atoms with van der Waals surface area (Å²) in [5, 5.41) is 2.89. The van der Waals surface area contributed by atoms with E-state index < -0.39 is 28.5 Å². The molecule has 0 spiro atoms. The Morgan fingerprint density at radius 3 is 2.18 bits per heavy atom. The van der Waals surface area contributed by atoms with Crippen molar-refractivity contribution in [2.24, 2.45) is 5.92 Å². The molecule has 0 unspecified atom stereocenters. The zero-order chi connectivity index (χ0) is 27.9. The minimum absolute atomic E-state index is 0.0801. The van der Waals surface area contributed by atoms with E-state index in [4.69, 9.17) is 0 Å². The largest absolute Gasteiger partial charge is 0.354 e. The molecule has 38 heavy (non-hydrogen) atoms. The molecular formula is C29H34BrN3O4S. The Balaban J connectivity index is 1.99. The van der Waals surface area contributed by atoms with Crippen LogP contribution < -0.4 is 9.62 Å². The quantitative estimate of drug-likeness (QED) is 0.330. The van der Waals surface area contributed by atoms with Gasteiger partial charge in [-0.2, -0.15) is 0 Å². The van der Waals surface area contributed by atoms with Crippen LogP contribution in [0.1, 0.15) is 31.9 Å². The monoisotopic (exact) mass is 599 g/mol. The second-order valence-corrected chi connectivity index (χ2v) is 12.4. The van der Waals surface area contributed by atoms with Crippen molar-refractivity contribution >= 4 is 43.5 Å². The average Bonchev–Trinajstić information content (AvgIpc) is 2.89. The number of amides is 2. The summed E-state index contributed by atoms with van der Waals surface area (Å²) in [6, 6.07) is 21.7. The van der Waals surface area contributed by atoms with E-state index in [1.54, 1.807) is 43.3 Å². The van der Waals surface area contributed by atoms with Gasteiger partial charge in [0.25, 0.3) is 10.0 Å². The summed E-state index contributed by atoms with van der Waals surface area (Å²) in [7, 11) is -4.07. The van der Waals surface area contributed by atoms with Gasteiger partial charge in [0, 0.05) is 17.6 Å². The molecule has 0 aliphatic rings. The fraction of sp³-hybridized carbons (Fsp3) is 0.310. The molecule has 0 bridgehead atoms. The van der Waals surface area contributed by atoms with Crippen LogP contribution in [0.25, 0.3) is 0 Å². The van der Waals surface area contributed by atoms with Crippen LogP contribution in [0.4, 0.5) is 5.69 Å². The van der Waals surface area contributed by atoms with E-state index in [-0.39, 0.29) is 23.3 Å². The van der Waals surface area contributed by atoms with Gasteiger partial charge in [-0.3, -0.25) is 13.9 Å². The molecule has 0 aliphatic carbocycles. The zero-order valence-corrected chi connectivity index (χ0v) is 24.5. The number of rotatable bonds is 11. The number of nitrogens with zero attached hydrogens (tertiary/aromatic N) is 2. The Morgan fingerprint density at radius 2 is 1.58 bits per heavy atom. The van der Waals surface area contributed by atoms with Crippen LogP contribution >= 0.6 is 15.9 Å². The third-order valence-electron chi connectivity index (χ3n) is 6.02. The molecule has 1 N–H and O–H groups in total. The summed E-state index contributed by atoms with van der Waals surface area (Å²) in [5.74, 6) is -0.534. The van der Waals surface area contributed by atoms with Crippen molar-refractivity contribution in [1.29, 1.82) is 0 Å². The summed E-state index contributed by atoms with van der Waals surface area (Å²) in [6.07, 6.45) is 0. The van der Waals surface area contributed by atoms with Crippen molar-refractivity contribution in [3.63, 3.8) is 0 Å². The SMILES string of the molecule is Cc1cccc(N(CC(=O)N(Cc2ccc(Br)cc2)[C@H](C)C(=O)NCC(C)C)S(=O)(=O)c2ccccc2)c1. The van der Waals surface area contributed by atoms with Gasteiger partial charge < -0.3 is 10.2 Å². The van der Waals surface area contributed by atoms with Crippen LogP contribution in [-0.2, 0) is 26.2 Å². The molecule has 0 radical (unpaired) electrons. The lowest BCUT2D eigenvalue weighted by atomic mass is 10.1. The maximum atomic E-state index is 13.9. The van der Waals surface area contributed by atoms with E-state index in [9.17, 15) is 18.0 Å². The third-order valence-corrected chi connectivity index (χ3v) is 8.33. The van der Waals surface area contributed by atoms with Gasteiger partial charge in [-0.15, -0.1) is 0 Å². The van der Waals surface area contributed by atoms with E-state index in [1.807, 2.05) is 51.1 Å². The summed E-state index contributed by atoms with van der Waals surface area (Å²) in [4.78, 5) is 28.4. The highest BCUT2D eigenvalue weighted by Gasteiger charge is 2.32. The summed E-state index contributed by atoms with van der Waals surface area (Å²) < 4.78 is 29.5. The Bertz CT molecular complexity index is 1350. The lowest BCUT2D eigenvalue weighted by Crippen LogP contribution is -2.51. The maximum absolute atomic E-state index is 13.9. The van der Waals surface area contributed by atoms with Crippen molar-refractivity contribution in [2.45, 2.75) is 45.2 Å². The van der Waals surface area contributed by atoms with Gasteiger partial charge in [0.05, 0.1) is 10.6 Å². The number of carbonyl (C=O) groups excluding carboxylic acids is 2. The number of aryl methyl sites for hydroxylation is 1. The zero-order valence-electron chi connectivity index (χ0n) is 22.1. The first-order valence-electron chi connectivity index (χ1n) is 12.4. The highest BCUT2D eigenvalue weighted by Crippen LogP contribution is 2.25. The minimum Gasteiger partial charge on any atom is -0.354 e. The summed E-state index contributed by atoms with van der Waals surface area (Å²) >= 11 is 3.42. The Hall–Kier alpha value is -3.17. The van der Waals surface area contributed by atoms with E-state index in [0.29, 0.717) is 12.2 Å². The van der Waals surface area contributed by atoms with Gasteiger partial charge in [0.1, 0.15) is 12.6 Å². The highest BCUT2D eigenvalue weighted by atomic mass is 79.9. The van der Waals surface area contributed by atoms with Crippen LogP contribution in [-0.4, -0.2) is 44.3 Å². The lowest BCUT2D eigenvalue weighted by Gasteiger charge is -2.32. The molecule has 3 rings (SSSR count). The molecule has 7 nitrogen and oxygen atoms in total. The highest BCUT2D eigenvalue weighted by molar-refractivity contribution is 9.10. The van der Waals surface area contributed by atoms with Gasteiger partial charge in [-0.05, 0) is 67.3 Å². The van der Waals surface area contributed by atoms with E-state index >= 15 is 0 Å². The number of sulfonamides is 1. The van der Waals surface area contributed by atoms with E-state index in [1.165, 1.54) is 17.0 Å². The lowest BCUT2D eigenvalue weighted by molar-refractivity contribution is -0.139. The fourth-order valence-electron chi connectivity index (χ4n) is 3.85. The number of benzene rings is 3. The van der Waals surface area contributed by atoms with Crippen LogP contribution in [0.3, 0.4) is 0 Å². The second kappa shape index (κ2) is 13.1. The average molecular weight is 601 g/mol. The first-order chi connectivity index (χ1) is 18.0.